The van der Waals surface area contributed by atoms with Gasteiger partial charge in [0, 0.05) is 13.2 Å². The quantitative estimate of drug-likeness (QED) is 0.628. The lowest BCUT2D eigenvalue weighted by atomic mass is 10.1. The van der Waals surface area contributed by atoms with Crippen LogP contribution < -0.4 is 11.1 Å². The van der Waals surface area contributed by atoms with Crippen molar-refractivity contribution in [3.05, 3.63) is 0 Å². The summed E-state index contributed by atoms with van der Waals surface area (Å²) in [6.45, 7) is 4.41. The van der Waals surface area contributed by atoms with E-state index in [1.54, 1.807) is 7.11 Å². The van der Waals surface area contributed by atoms with Crippen molar-refractivity contribution in [1.82, 2.24) is 5.32 Å². The van der Waals surface area contributed by atoms with Crippen molar-refractivity contribution in [2.24, 2.45) is 5.73 Å². The summed E-state index contributed by atoms with van der Waals surface area (Å²) in [5, 5.41) is 2.78. The van der Waals surface area contributed by atoms with Gasteiger partial charge in [0.05, 0.1) is 12.6 Å². The monoisotopic (exact) mass is 188 g/mol. The number of methoxy groups -OCH3 is 1. The fourth-order valence-corrected chi connectivity index (χ4v) is 1.08. The van der Waals surface area contributed by atoms with Crippen molar-refractivity contribution < 1.29 is 9.53 Å². The van der Waals surface area contributed by atoms with Gasteiger partial charge in [0.25, 0.3) is 0 Å². The highest BCUT2D eigenvalue weighted by molar-refractivity contribution is 5.81. The van der Waals surface area contributed by atoms with Crippen molar-refractivity contribution in [3.63, 3.8) is 0 Å². The topological polar surface area (TPSA) is 64.4 Å². The Hall–Kier alpha value is -0.610. The molecule has 0 aromatic heterocycles. The highest BCUT2D eigenvalue weighted by atomic mass is 16.5. The molecule has 0 aliphatic rings. The molecule has 0 aliphatic carbocycles. The standard InChI is InChI=1S/C9H20N2O2/c1-4-5-8(10)9(12)11-7(2)6-13-3/h7-8H,4-6,10H2,1-3H3,(H,11,12). The van der Waals surface area contributed by atoms with Gasteiger partial charge in [-0.1, -0.05) is 13.3 Å². The van der Waals surface area contributed by atoms with Gasteiger partial charge in [-0.2, -0.15) is 0 Å². The maximum absolute atomic E-state index is 11.3. The van der Waals surface area contributed by atoms with Crippen LogP contribution in [0.15, 0.2) is 0 Å². The first-order valence-electron chi connectivity index (χ1n) is 4.66. The Kier molecular flexibility index (Phi) is 6.54. The minimum atomic E-state index is -0.385. The second kappa shape index (κ2) is 6.86. The van der Waals surface area contributed by atoms with E-state index in [1.165, 1.54) is 0 Å². The smallest absolute Gasteiger partial charge is 0.237 e. The molecule has 0 spiro atoms. The van der Waals surface area contributed by atoms with Crippen molar-refractivity contribution >= 4 is 5.91 Å². The van der Waals surface area contributed by atoms with Crippen LogP contribution in [0.4, 0.5) is 0 Å². The van der Waals surface area contributed by atoms with Gasteiger partial charge in [0.2, 0.25) is 5.91 Å². The van der Waals surface area contributed by atoms with E-state index in [4.69, 9.17) is 10.5 Å². The zero-order valence-corrected chi connectivity index (χ0v) is 8.67. The molecule has 13 heavy (non-hydrogen) atoms. The maximum atomic E-state index is 11.3. The van der Waals surface area contributed by atoms with Crippen molar-refractivity contribution in [3.8, 4) is 0 Å². The molecule has 3 N–H and O–H groups in total. The summed E-state index contributed by atoms with van der Waals surface area (Å²) in [6, 6.07) is -0.357. The van der Waals surface area contributed by atoms with Crippen LogP contribution in [0.3, 0.4) is 0 Å². The Balaban J connectivity index is 3.71. The highest BCUT2D eigenvalue weighted by Gasteiger charge is 2.13. The van der Waals surface area contributed by atoms with Gasteiger partial charge >= 0.3 is 0 Å². The van der Waals surface area contributed by atoms with Crippen LogP contribution in [0.2, 0.25) is 0 Å². The van der Waals surface area contributed by atoms with E-state index in [0.717, 1.165) is 12.8 Å². The Morgan fingerprint density at radius 3 is 2.69 bits per heavy atom. The van der Waals surface area contributed by atoms with Gasteiger partial charge < -0.3 is 15.8 Å². The number of hydrogen-bond donors (Lipinski definition) is 2. The van der Waals surface area contributed by atoms with Crippen LogP contribution in [0, 0.1) is 0 Å². The summed E-state index contributed by atoms with van der Waals surface area (Å²) in [4.78, 5) is 11.3. The van der Waals surface area contributed by atoms with Crippen LogP contribution in [0.1, 0.15) is 26.7 Å². The lowest BCUT2D eigenvalue weighted by Gasteiger charge is -2.16. The first-order chi connectivity index (χ1) is 6.11. The van der Waals surface area contributed by atoms with E-state index in [-0.39, 0.29) is 18.0 Å². The Labute approximate surface area is 79.8 Å². The van der Waals surface area contributed by atoms with Gasteiger partial charge in [-0.25, -0.2) is 0 Å². The lowest BCUT2D eigenvalue weighted by Crippen LogP contribution is -2.45. The van der Waals surface area contributed by atoms with Crippen LogP contribution in [0.25, 0.3) is 0 Å². The van der Waals surface area contributed by atoms with E-state index in [9.17, 15) is 4.79 Å². The molecule has 2 unspecified atom stereocenters. The Bertz CT molecular complexity index is 151. The summed E-state index contributed by atoms with van der Waals surface area (Å²) >= 11 is 0. The van der Waals surface area contributed by atoms with Gasteiger partial charge in [-0.15, -0.1) is 0 Å². The van der Waals surface area contributed by atoms with Crippen LogP contribution >= 0.6 is 0 Å². The molecule has 1 amide bonds. The number of carbonyl (C=O) groups is 1. The predicted octanol–water partition coefficient (Wildman–Crippen LogP) is 0.265. The second-order valence-electron chi connectivity index (χ2n) is 3.26. The molecule has 0 rings (SSSR count). The fraction of sp³-hybridized carbons (Fsp3) is 0.889. The molecular weight excluding hydrogens is 168 g/mol. The molecule has 0 aliphatic heterocycles. The first kappa shape index (κ1) is 12.4. The largest absolute Gasteiger partial charge is 0.383 e. The van der Waals surface area contributed by atoms with Crippen LogP contribution in [0.5, 0.6) is 0 Å². The average Bonchev–Trinajstić information content (AvgIpc) is 2.05. The second-order valence-corrected chi connectivity index (χ2v) is 3.26. The minimum Gasteiger partial charge on any atom is -0.383 e. The van der Waals surface area contributed by atoms with E-state index >= 15 is 0 Å². The number of nitrogens with two attached hydrogens (primary N) is 1. The lowest BCUT2D eigenvalue weighted by molar-refractivity contribution is -0.123. The van der Waals surface area contributed by atoms with E-state index < -0.39 is 0 Å². The molecule has 0 aromatic rings. The molecule has 78 valence electrons. The van der Waals surface area contributed by atoms with Gasteiger partial charge in [0.15, 0.2) is 0 Å². The molecule has 4 nitrogen and oxygen atoms in total. The highest BCUT2D eigenvalue weighted by Crippen LogP contribution is 1.94. The number of rotatable bonds is 6. The van der Waals surface area contributed by atoms with Crippen LogP contribution in [-0.4, -0.2) is 31.7 Å². The molecule has 0 aromatic carbocycles. The third-order valence-corrected chi connectivity index (χ3v) is 1.74. The molecule has 0 saturated carbocycles. The first-order valence-corrected chi connectivity index (χ1v) is 4.66. The molecule has 0 fully saturated rings. The molecule has 0 saturated heterocycles. The zero-order chi connectivity index (χ0) is 10.3. The third-order valence-electron chi connectivity index (χ3n) is 1.74. The molecule has 0 heterocycles. The zero-order valence-electron chi connectivity index (χ0n) is 8.67. The maximum Gasteiger partial charge on any atom is 0.237 e. The van der Waals surface area contributed by atoms with Crippen molar-refractivity contribution in [1.29, 1.82) is 0 Å². The van der Waals surface area contributed by atoms with E-state index in [2.05, 4.69) is 5.32 Å². The molecular formula is C9H20N2O2. The minimum absolute atomic E-state index is 0.0282. The molecule has 4 heteroatoms. The predicted molar refractivity (Wildman–Crippen MR) is 52.4 cm³/mol. The summed E-state index contributed by atoms with van der Waals surface area (Å²) < 4.78 is 4.89. The summed E-state index contributed by atoms with van der Waals surface area (Å²) in [7, 11) is 1.61. The number of amides is 1. The summed E-state index contributed by atoms with van der Waals surface area (Å²) in [6.07, 6.45) is 1.65. The van der Waals surface area contributed by atoms with Gasteiger partial charge in [0.1, 0.15) is 0 Å². The van der Waals surface area contributed by atoms with Crippen molar-refractivity contribution in [2.75, 3.05) is 13.7 Å². The molecule has 0 bridgehead atoms. The van der Waals surface area contributed by atoms with Crippen LogP contribution in [-0.2, 0) is 9.53 Å². The van der Waals surface area contributed by atoms with Gasteiger partial charge in [-0.3, -0.25) is 4.79 Å². The third kappa shape index (κ3) is 5.60. The van der Waals surface area contributed by atoms with Crippen molar-refractivity contribution in [2.45, 2.75) is 38.8 Å². The normalized spacial score (nSPS) is 15.1. The summed E-state index contributed by atoms with van der Waals surface area (Å²) in [5.41, 5.74) is 5.62. The number of nitrogens with one attached hydrogen (secondary N) is 1. The Morgan fingerprint density at radius 2 is 2.23 bits per heavy atom. The van der Waals surface area contributed by atoms with E-state index in [0.29, 0.717) is 6.61 Å². The molecule has 0 radical (unpaired) electrons. The SMILES string of the molecule is CCCC(N)C(=O)NC(C)COC. The summed E-state index contributed by atoms with van der Waals surface area (Å²) in [5.74, 6) is -0.0913. The fourth-order valence-electron chi connectivity index (χ4n) is 1.08. The Morgan fingerprint density at radius 1 is 1.62 bits per heavy atom. The van der Waals surface area contributed by atoms with E-state index in [1.807, 2.05) is 13.8 Å². The number of carbonyl (C=O) groups excluding carboxylic acids is 1. The average molecular weight is 188 g/mol. The number of ether oxygens (including phenoxy) is 1. The van der Waals surface area contributed by atoms with Gasteiger partial charge in [-0.05, 0) is 13.3 Å². The molecule has 2 atom stereocenters. The number of hydrogen-bond acceptors (Lipinski definition) is 3.